The predicted octanol–water partition coefficient (Wildman–Crippen LogP) is -0.613. The Bertz CT molecular complexity index is 373. The largest absolute Gasteiger partial charge is 0.394 e. The van der Waals surface area contributed by atoms with Gasteiger partial charge in [0.15, 0.2) is 0 Å². The molecule has 6 heteroatoms. The lowest BCUT2D eigenvalue weighted by Gasteiger charge is -2.23. The minimum Gasteiger partial charge on any atom is -0.394 e. The first-order valence-corrected chi connectivity index (χ1v) is 5.05. The first kappa shape index (κ1) is 12.7. The Labute approximate surface area is 94.3 Å². The molecule has 5 N–H and O–H groups in total. The Morgan fingerprint density at radius 2 is 2.31 bits per heavy atom. The molecule has 0 bridgehead atoms. The number of rotatable bonds is 5. The molecule has 0 spiro atoms. The maximum absolute atomic E-state index is 11.2. The van der Waals surface area contributed by atoms with Crippen molar-refractivity contribution < 1.29 is 9.90 Å². The second kappa shape index (κ2) is 4.63. The molecule has 16 heavy (non-hydrogen) atoms. The third-order valence-corrected chi connectivity index (χ3v) is 2.55. The zero-order chi connectivity index (χ0) is 12.3. The van der Waals surface area contributed by atoms with Gasteiger partial charge in [0, 0.05) is 12.7 Å². The van der Waals surface area contributed by atoms with Gasteiger partial charge in [-0.05, 0) is 13.8 Å². The average molecular weight is 226 g/mol. The van der Waals surface area contributed by atoms with Crippen molar-refractivity contribution in [2.45, 2.75) is 26.4 Å². The highest BCUT2D eigenvalue weighted by Crippen LogP contribution is 2.20. The fraction of sp³-hybridized carbons (Fsp3) is 0.600. The molecule has 1 heterocycles. The molecule has 0 aliphatic carbocycles. The van der Waals surface area contributed by atoms with Crippen LogP contribution in [0.25, 0.3) is 0 Å². The molecule has 0 radical (unpaired) electrons. The van der Waals surface area contributed by atoms with Crippen LogP contribution in [-0.4, -0.2) is 27.2 Å². The van der Waals surface area contributed by atoms with Gasteiger partial charge in [-0.2, -0.15) is 0 Å². The van der Waals surface area contributed by atoms with E-state index in [9.17, 15) is 4.79 Å². The Kier molecular flexibility index (Phi) is 3.66. The fourth-order valence-corrected chi connectivity index (χ4v) is 1.37. The number of hydrogen-bond donors (Lipinski definition) is 3. The number of nitrogens with two attached hydrogens (primary N) is 2. The maximum atomic E-state index is 11.2. The number of hydrogen-bond acceptors (Lipinski definition) is 4. The van der Waals surface area contributed by atoms with Crippen LogP contribution < -0.4 is 11.5 Å². The number of carbonyl (C=O) groups excluding carboxylic acids is 1. The number of amides is 1. The summed E-state index contributed by atoms with van der Waals surface area (Å²) in [6.45, 7) is 3.74. The van der Waals surface area contributed by atoms with Gasteiger partial charge in [0.2, 0.25) is 5.91 Å². The first-order valence-electron chi connectivity index (χ1n) is 5.05. The summed E-state index contributed by atoms with van der Waals surface area (Å²) in [6.07, 6.45) is 3.16. The molecular weight excluding hydrogens is 208 g/mol. The minimum atomic E-state index is -0.676. The van der Waals surface area contributed by atoms with Crippen LogP contribution in [-0.2, 0) is 11.3 Å². The van der Waals surface area contributed by atoms with Crippen LogP contribution in [0.4, 0.5) is 0 Å². The van der Waals surface area contributed by atoms with Gasteiger partial charge in [-0.15, -0.1) is 0 Å². The molecule has 1 aromatic heterocycles. The second-order valence-corrected chi connectivity index (χ2v) is 4.48. The second-order valence-electron chi connectivity index (χ2n) is 4.48. The van der Waals surface area contributed by atoms with Gasteiger partial charge >= 0.3 is 0 Å². The molecule has 90 valence electrons. The molecule has 0 aliphatic heterocycles. The predicted molar refractivity (Wildman–Crippen MR) is 59.2 cm³/mol. The first-order chi connectivity index (χ1) is 7.38. The minimum absolute atomic E-state index is 0.164. The van der Waals surface area contributed by atoms with E-state index in [1.165, 1.54) is 0 Å². The third-order valence-electron chi connectivity index (χ3n) is 2.55. The number of aliphatic hydroxyl groups is 1. The molecule has 0 saturated carbocycles. The van der Waals surface area contributed by atoms with Crippen molar-refractivity contribution in [1.82, 2.24) is 9.55 Å². The average Bonchev–Trinajstić information content (AvgIpc) is 2.63. The van der Waals surface area contributed by atoms with Crippen LogP contribution in [0.5, 0.6) is 0 Å². The van der Waals surface area contributed by atoms with Gasteiger partial charge in [0.1, 0.15) is 0 Å². The van der Waals surface area contributed by atoms with E-state index in [4.69, 9.17) is 16.6 Å². The summed E-state index contributed by atoms with van der Waals surface area (Å²) in [5.41, 5.74) is 11.0. The van der Waals surface area contributed by atoms with Crippen LogP contribution in [0, 0.1) is 5.41 Å². The van der Waals surface area contributed by atoms with E-state index in [2.05, 4.69) is 4.98 Å². The summed E-state index contributed by atoms with van der Waals surface area (Å²) in [5.74, 6) is -0.385. The van der Waals surface area contributed by atoms with Gasteiger partial charge in [-0.25, -0.2) is 4.98 Å². The van der Waals surface area contributed by atoms with Gasteiger partial charge in [0.25, 0.3) is 0 Å². The van der Waals surface area contributed by atoms with Crippen LogP contribution in [0.1, 0.15) is 25.6 Å². The highest BCUT2D eigenvalue weighted by atomic mass is 16.3. The van der Waals surface area contributed by atoms with Crippen molar-refractivity contribution in [3.63, 3.8) is 0 Å². The van der Waals surface area contributed by atoms with Crippen LogP contribution >= 0.6 is 0 Å². The zero-order valence-electron chi connectivity index (χ0n) is 9.55. The number of aromatic nitrogens is 2. The molecule has 1 atom stereocenters. The Morgan fingerprint density at radius 3 is 2.81 bits per heavy atom. The van der Waals surface area contributed by atoms with Crippen molar-refractivity contribution in [3.8, 4) is 0 Å². The summed E-state index contributed by atoms with van der Waals surface area (Å²) in [7, 11) is 0. The number of aliphatic hydroxyl groups excluding tert-OH is 1. The number of imidazole rings is 1. The van der Waals surface area contributed by atoms with E-state index in [1.54, 1.807) is 30.9 Å². The molecular formula is C10H18N4O2. The van der Waals surface area contributed by atoms with Crippen molar-refractivity contribution in [2.75, 3.05) is 6.61 Å². The molecule has 0 saturated heterocycles. The Hall–Kier alpha value is -1.40. The molecule has 1 unspecified atom stereocenters. The van der Waals surface area contributed by atoms with Crippen LogP contribution in [0.3, 0.4) is 0 Å². The van der Waals surface area contributed by atoms with Crippen molar-refractivity contribution in [1.29, 1.82) is 0 Å². The number of carbonyl (C=O) groups is 1. The third kappa shape index (κ3) is 2.59. The van der Waals surface area contributed by atoms with Gasteiger partial charge in [-0.3, -0.25) is 4.79 Å². The molecule has 0 fully saturated rings. The van der Waals surface area contributed by atoms with Crippen molar-refractivity contribution in [3.05, 3.63) is 18.2 Å². The standard InChI is InChI=1S/C10H18N4O2/c1-10(2,9(12)16)5-14-6-13-3-8(14)7(11)4-15/h3,6-7,15H,4-5,11H2,1-2H3,(H2,12,16). The topological polar surface area (TPSA) is 107 Å². The van der Waals surface area contributed by atoms with Crippen molar-refractivity contribution in [2.24, 2.45) is 16.9 Å². The quantitative estimate of drug-likeness (QED) is 0.622. The van der Waals surface area contributed by atoms with E-state index in [0.717, 1.165) is 0 Å². The molecule has 1 rings (SSSR count). The van der Waals surface area contributed by atoms with Crippen LogP contribution in [0.15, 0.2) is 12.5 Å². The summed E-state index contributed by atoms with van der Waals surface area (Å²) in [4.78, 5) is 15.2. The lowest BCUT2D eigenvalue weighted by molar-refractivity contribution is -0.126. The normalized spacial score (nSPS) is 13.8. The molecule has 0 aliphatic rings. The Morgan fingerprint density at radius 1 is 1.69 bits per heavy atom. The lowest BCUT2D eigenvalue weighted by atomic mass is 9.92. The fourth-order valence-electron chi connectivity index (χ4n) is 1.37. The molecule has 1 amide bonds. The number of nitrogens with zero attached hydrogens (tertiary/aromatic N) is 2. The van der Waals surface area contributed by atoms with E-state index in [1.807, 2.05) is 0 Å². The van der Waals surface area contributed by atoms with Gasteiger partial charge < -0.3 is 21.1 Å². The summed E-state index contributed by atoms with van der Waals surface area (Å²) >= 11 is 0. The van der Waals surface area contributed by atoms with Gasteiger partial charge in [0.05, 0.1) is 30.1 Å². The van der Waals surface area contributed by atoms with Crippen LogP contribution in [0.2, 0.25) is 0 Å². The SMILES string of the molecule is CC(C)(Cn1cncc1C(N)CO)C(N)=O. The van der Waals surface area contributed by atoms with E-state index < -0.39 is 11.5 Å². The summed E-state index contributed by atoms with van der Waals surface area (Å²) < 4.78 is 1.74. The van der Waals surface area contributed by atoms with Crippen molar-refractivity contribution >= 4 is 5.91 Å². The maximum Gasteiger partial charge on any atom is 0.224 e. The highest BCUT2D eigenvalue weighted by Gasteiger charge is 2.26. The summed E-state index contributed by atoms with van der Waals surface area (Å²) in [6, 6.07) is -0.494. The lowest BCUT2D eigenvalue weighted by Crippen LogP contribution is -2.36. The van der Waals surface area contributed by atoms with E-state index in [0.29, 0.717) is 12.2 Å². The number of primary amides is 1. The van der Waals surface area contributed by atoms with Gasteiger partial charge in [-0.1, -0.05) is 0 Å². The highest BCUT2D eigenvalue weighted by molar-refractivity contribution is 5.79. The summed E-state index contributed by atoms with van der Waals surface area (Å²) in [5, 5.41) is 8.98. The molecule has 0 aromatic carbocycles. The monoisotopic (exact) mass is 226 g/mol. The molecule has 6 nitrogen and oxygen atoms in total. The smallest absolute Gasteiger partial charge is 0.224 e. The Balaban J connectivity index is 2.90. The molecule has 1 aromatic rings. The van der Waals surface area contributed by atoms with E-state index in [-0.39, 0.29) is 12.5 Å². The van der Waals surface area contributed by atoms with E-state index >= 15 is 0 Å². The zero-order valence-corrected chi connectivity index (χ0v) is 9.55.